The molecule has 4 nitrogen and oxygen atoms in total. The molecule has 1 aliphatic rings. The number of benzene rings is 2. The molecule has 2 aromatic carbocycles. The van der Waals surface area contributed by atoms with E-state index in [1.807, 2.05) is 18.2 Å². The highest BCUT2D eigenvalue weighted by Gasteiger charge is 2.32. The Hall–Kier alpha value is -3.01. The molecule has 2 amide bonds. The van der Waals surface area contributed by atoms with Crippen molar-refractivity contribution >= 4 is 28.9 Å². The van der Waals surface area contributed by atoms with Crippen molar-refractivity contribution in [2.75, 3.05) is 4.90 Å². The van der Waals surface area contributed by atoms with E-state index in [4.69, 9.17) is 0 Å². The topological polar surface area (TPSA) is 54.5 Å². The molecule has 0 radical (unpaired) electrons. The monoisotopic (exact) mass is 291 g/mol. The van der Waals surface area contributed by atoms with Gasteiger partial charge < -0.3 is 0 Å². The predicted octanol–water partition coefficient (Wildman–Crippen LogP) is 2.85. The van der Waals surface area contributed by atoms with Crippen LogP contribution >= 0.6 is 0 Å². The number of amides is 2. The second-order valence-corrected chi connectivity index (χ2v) is 5.01. The molecular weight excluding hydrogens is 278 g/mol. The zero-order chi connectivity index (χ0) is 15.7. The lowest BCUT2D eigenvalue weighted by atomic mass is 10.1. The molecule has 2 aromatic rings. The van der Waals surface area contributed by atoms with Crippen molar-refractivity contribution in [1.82, 2.24) is 0 Å². The number of imide groups is 1. The minimum absolute atomic E-state index is 0.0614. The third kappa shape index (κ3) is 2.35. The summed E-state index contributed by atoms with van der Waals surface area (Å²) in [6.07, 6.45) is 1.34. The first-order valence-corrected chi connectivity index (χ1v) is 6.84. The molecule has 4 heteroatoms. The van der Waals surface area contributed by atoms with E-state index in [-0.39, 0.29) is 17.6 Å². The Morgan fingerprint density at radius 3 is 2.14 bits per heavy atom. The van der Waals surface area contributed by atoms with E-state index in [1.54, 1.807) is 36.4 Å². The smallest absolute Gasteiger partial charge is 0.266 e. The lowest BCUT2D eigenvalue weighted by Crippen LogP contribution is -2.30. The van der Waals surface area contributed by atoms with E-state index in [1.165, 1.54) is 13.0 Å². The number of nitrogens with zero attached hydrogens (tertiary/aromatic N) is 1. The molecule has 22 heavy (non-hydrogen) atoms. The highest BCUT2D eigenvalue weighted by atomic mass is 16.2. The van der Waals surface area contributed by atoms with Gasteiger partial charge in [0.1, 0.15) is 0 Å². The fourth-order valence-corrected chi connectivity index (χ4v) is 2.38. The standard InChI is InChI=1S/C18H13NO3/c1-12(20)13-7-9-15(10-8-13)19-17(21)11-16(18(19)22)14-5-3-2-4-6-14/h2-11H,1H3. The van der Waals surface area contributed by atoms with Crippen LogP contribution in [0.3, 0.4) is 0 Å². The molecule has 0 bridgehead atoms. The van der Waals surface area contributed by atoms with Gasteiger partial charge in [-0.15, -0.1) is 0 Å². The SMILES string of the molecule is CC(=O)c1ccc(N2C(=O)C=C(c3ccccc3)C2=O)cc1. The van der Waals surface area contributed by atoms with Crippen LogP contribution in [0.4, 0.5) is 5.69 Å². The Morgan fingerprint density at radius 2 is 1.55 bits per heavy atom. The third-order valence-corrected chi connectivity index (χ3v) is 3.54. The Labute approximate surface area is 127 Å². The second-order valence-electron chi connectivity index (χ2n) is 5.01. The van der Waals surface area contributed by atoms with E-state index in [9.17, 15) is 14.4 Å². The second kappa shape index (κ2) is 5.41. The third-order valence-electron chi connectivity index (χ3n) is 3.54. The normalized spacial score (nSPS) is 14.2. The highest BCUT2D eigenvalue weighted by molar-refractivity contribution is 6.43. The Bertz CT molecular complexity index is 789. The van der Waals surface area contributed by atoms with Crippen molar-refractivity contribution in [2.45, 2.75) is 6.92 Å². The number of hydrogen-bond donors (Lipinski definition) is 0. The van der Waals surface area contributed by atoms with Gasteiger partial charge in [-0.25, -0.2) is 4.90 Å². The van der Waals surface area contributed by atoms with E-state index in [2.05, 4.69) is 0 Å². The lowest BCUT2D eigenvalue weighted by Gasteiger charge is -2.15. The minimum Gasteiger partial charge on any atom is -0.295 e. The van der Waals surface area contributed by atoms with Crippen LogP contribution < -0.4 is 4.90 Å². The fraction of sp³-hybridized carbons (Fsp3) is 0.0556. The molecular formula is C18H13NO3. The van der Waals surface area contributed by atoms with Gasteiger partial charge in [-0.3, -0.25) is 14.4 Å². The van der Waals surface area contributed by atoms with Gasteiger partial charge in [0.15, 0.2) is 5.78 Å². The summed E-state index contributed by atoms with van der Waals surface area (Å²) in [5.41, 5.74) is 2.09. The van der Waals surface area contributed by atoms with Crippen LogP contribution in [0.5, 0.6) is 0 Å². The van der Waals surface area contributed by atoms with Crippen LogP contribution in [0.1, 0.15) is 22.8 Å². The Morgan fingerprint density at radius 1 is 0.909 bits per heavy atom. The van der Waals surface area contributed by atoms with Crippen LogP contribution in [-0.4, -0.2) is 17.6 Å². The van der Waals surface area contributed by atoms with Gasteiger partial charge in [-0.05, 0) is 36.8 Å². The maximum atomic E-state index is 12.5. The summed E-state index contributed by atoms with van der Waals surface area (Å²) < 4.78 is 0. The molecule has 0 saturated carbocycles. The van der Waals surface area contributed by atoms with Crippen molar-refractivity contribution in [2.24, 2.45) is 0 Å². The molecule has 0 unspecified atom stereocenters. The Balaban J connectivity index is 1.93. The van der Waals surface area contributed by atoms with Gasteiger partial charge in [-0.2, -0.15) is 0 Å². The Kier molecular flexibility index (Phi) is 3.43. The van der Waals surface area contributed by atoms with Crippen molar-refractivity contribution in [3.8, 4) is 0 Å². The molecule has 0 spiro atoms. The first kappa shape index (κ1) is 13.9. The maximum absolute atomic E-state index is 12.5. The van der Waals surface area contributed by atoms with E-state index in [0.717, 1.165) is 4.90 Å². The first-order valence-electron chi connectivity index (χ1n) is 6.84. The molecule has 1 aliphatic heterocycles. The average molecular weight is 291 g/mol. The summed E-state index contributed by atoms with van der Waals surface area (Å²) >= 11 is 0. The molecule has 0 N–H and O–H groups in total. The van der Waals surface area contributed by atoms with Crippen molar-refractivity contribution in [1.29, 1.82) is 0 Å². The van der Waals surface area contributed by atoms with Gasteiger partial charge in [0, 0.05) is 11.6 Å². The van der Waals surface area contributed by atoms with Crippen LogP contribution in [0, 0.1) is 0 Å². The largest absolute Gasteiger partial charge is 0.295 e. The molecule has 108 valence electrons. The predicted molar refractivity (Wildman–Crippen MR) is 83.4 cm³/mol. The number of carbonyl (C=O) groups is 3. The number of rotatable bonds is 3. The van der Waals surface area contributed by atoms with Gasteiger partial charge in [0.25, 0.3) is 11.8 Å². The molecule has 0 atom stereocenters. The summed E-state index contributed by atoms with van der Waals surface area (Å²) in [5, 5.41) is 0. The first-order chi connectivity index (χ1) is 10.6. The molecule has 0 aliphatic carbocycles. The fourth-order valence-electron chi connectivity index (χ4n) is 2.38. The van der Waals surface area contributed by atoms with Crippen molar-refractivity contribution < 1.29 is 14.4 Å². The van der Waals surface area contributed by atoms with Crippen LogP contribution in [0.2, 0.25) is 0 Å². The summed E-state index contributed by atoms with van der Waals surface area (Å²) in [7, 11) is 0. The minimum atomic E-state index is -0.376. The van der Waals surface area contributed by atoms with Crippen LogP contribution in [0.25, 0.3) is 5.57 Å². The number of carbonyl (C=O) groups excluding carboxylic acids is 3. The number of Topliss-reactive ketones (excluding diaryl/α,β-unsaturated/α-hetero) is 1. The molecule has 3 rings (SSSR count). The molecule has 0 saturated heterocycles. The highest BCUT2D eigenvalue weighted by Crippen LogP contribution is 2.28. The zero-order valence-corrected chi connectivity index (χ0v) is 11.9. The van der Waals surface area contributed by atoms with E-state index < -0.39 is 0 Å². The van der Waals surface area contributed by atoms with Crippen LogP contribution in [-0.2, 0) is 9.59 Å². The number of hydrogen-bond acceptors (Lipinski definition) is 3. The van der Waals surface area contributed by atoms with E-state index in [0.29, 0.717) is 22.4 Å². The van der Waals surface area contributed by atoms with E-state index >= 15 is 0 Å². The average Bonchev–Trinajstić information content (AvgIpc) is 2.83. The summed E-state index contributed by atoms with van der Waals surface area (Å²) in [6, 6.07) is 15.5. The zero-order valence-electron chi connectivity index (χ0n) is 11.9. The number of anilines is 1. The summed E-state index contributed by atoms with van der Waals surface area (Å²) in [4.78, 5) is 37.1. The van der Waals surface area contributed by atoms with Gasteiger partial charge in [0.05, 0.1) is 11.3 Å². The molecule has 1 heterocycles. The quantitative estimate of drug-likeness (QED) is 0.645. The maximum Gasteiger partial charge on any atom is 0.266 e. The number of ketones is 1. The van der Waals surface area contributed by atoms with Gasteiger partial charge in [-0.1, -0.05) is 30.3 Å². The van der Waals surface area contributed by atoms with Gasteiger partial charge in [0.2, 0.25) is 0 Å². The van der Waals surface area contributed by atoms with Crippen molar-refractivity contribution in [3.63, 3.8) is 0 Å². The van der Waals surface area contributed by atoms with Crippen LogP contribution in [0.15, 0.2) is 60.7 Å². The molecule has 0 fully saturated rings. The summed E-state index contributed by atoms with van der Waals surface area (Å²) in [5.74, 6) is -0.792. The molecule has 0 aromatic heterocycles. The lowest BCUT2D eigenvalue weighted by molar-refractivity contribution is -0.119. The van der Waals surface area contributed by atoms with Crippen molar-refractivity contribution in [3.05, 3.63) is 71.8 Å². The van der Waals surface area contributed by atoms with Gasteiger partial charge >= 0.3 is 0 Å². The summed E-state index contributed by atoms with van der Waals surface area (Å²) in [6.45, 7) is 1.47.